The summed E-state index contributed by atoms with van der Waals surface area (Å²) < 4.78 is 1.41. The van der Waals surface area contributed by atoms with Gasteiger partial charge in [-0.1, -0.05) is 30.3 Å². The summed E-state index contributed by atoms with van der Waals surface area (Å²) in [5.74, 6) is -0.175. The molecule has 0 radical (unpaired) electrons. The zero-order valence-corrected chi connectivity index (χ0v) is 11.1. The SMILES string of the molecule is O=C(Cn1c(=S)[nH]c2nc[nH]c2c1=O)c1ccccc1. The Labute approximate surface area is 118 Å². The number of imidazole rings is 1. The number of aromatic amines is 2. The molecule has 100 valence electrons. The normalized spacial score (nSPS) is 10.8. The number of benzene rings is 1. The van der Waals surface area contributed by atoms with Gasteiger partial charge >= 0.3 is 0 Å². The average molecular weight is 286 g/mol. The Morgan fingerprint density at radius 1 is 1.30 bits per heavy atom. The summed E-state index contributed by atoms with van der Waals surface area (Å²) in [6, 6.07) is 8.78. The topological polar surface area (TPSA) is 83.5 Å². The van der Waals surface area contributed by atoms with Crippen LogP contribution in [0, 0.1) is 4.77 Å². The van der Waals surface area contributed by atoms with E-state index in [1.54, 1.807) is 24.3 Å². The Morgan fingerprint density at radius 3 is 2.80 bits per heavy atom. The molecule has 0 saturated heterocycles. The fourth-order valence-electron chi connectivity index (χ4n) is 1.95. The maximum atomic E-state index is 12.2. The van der Waals surface area contributed by atoms with Crippen LogP contribution in [0.4, 0.5) is 0 Å². The second-order valence-corrected chi connectivity index (χ2v) is 4.62. The Bertz CT molecular complexity index is 892. The highest BCUT2D eigenvalue weighted by atomic mass is 32.1. The van der Waals surface area contributed by atoms with E-state index in [0.29, 0.717) is 16.7 Å². The van der Waals surface area contributed by atoms with Crippen molar-refractivity contribution in [3.05, 3.63) is 57.3 Å². The molecule has 0 unspecified atom stereocenters. The van der Waals surface area contributed by atoms with Crippen LogP contribution in [0.2, 0.25) is 0 Å². The van der Waals surface area contributed by atoms with Gasteiger partial charge in [0.1, 0.15) is 5.52 Å². The van der Waals surface area contributed by atoms with Gasteiger partial charge in [-0.3, -0.25) is 14.2 Å². The van der Waals surface area contributed by atoms with Crippen molar-refractivity contribution in [1.29, 1.82) is 0 Å². The van der Waals surface area contributed by atoms with Crippen LogP contribution in [0.3, 0.4) is 0 Å². The van der Waals surface area contributed by atoms with Gasteiger partial charge in [-0.15, -0.1) is 0 Å². The van der Waals surface area contributed by atoms with Crippen LogP contribution in [-0.2, 0) is 6.54 Å². The van der Waals surface area contributed by atoms with Gasteiger partial charge in [0.25, 0.3) is 5.56 Å². The van der Waals surface area contributed by atoms with E-state index in [-0.39, 0.29) is 22.7 Å². The smallest absolute Gasteiger partial charge is 0.280 e. The summed E-state index contributed by atoms with van der Waals surface area (Å²) in [6.45, 7) is -0.104. The van der Waals surface area contributed by atoms with Crippen molar-refractivity contribution in [3.63, 3.8) is 0 Å². The van der Waals surface area contributed by atoms with Crippen LogP contribution in [0.15, 0.2) is 41.5 Å². The van der Waals surface area contributed by atoms with Crippen molar-refractivity contribution in [2.24, 2.45) is 0 Å². The molecule has 0 fully saturated rings. The molecule has 3 aromatic rings. The third kappa shape index (κ3) is 2.08. The van der Waals surface area contributed by atoms with Gasteiger partial charge in [0.2, 0.25) is 0 Å². The molecule has 0 bridgehead atoms. The van der Waals surface area contributed by atoms with E-state index < -0.39 is 0 Å². The number of hydrogen-bond acceptors (Lipinski definition) is 4. The van der Waals surface area contributed by atoms with Crippen LogP contribution < -0.4 is 5.56 Å². The highest BCUT2D eigenvalue weighted by Gasteiger charge is 2.12. The largest absolute Gasteiger partial charge is 0.339 e. The maximum absolute atomic E-state index is 12.2. The molecule has 0 spiro atoms. The third-order valence-corrected chi connectivity index (χ3v) is 3.29. The summed E-state index contributed by atoms with van der Waals surface area (Å²) in [7, 11) is 0. The lowest BCUT2D eigenvalue weighted by atomic mass is 10.1. The van der Waals surface area contributed by atoms with Gasteiger partial charge in [0.15, 0.2) is 16.2 Å². The van der Waals surface area contributed by atoms with Gasteiger partial charge in [0, 0.05) is 5.56 Å². The first kappa shape index (κ1) is 12.5. The monoisotopic (exact) mass is 286 g/mol. The molecule has 6 nitrogen and oxygen atoms in total. The molecule has 0 aliphatic rings. The quantitative estimate of drug-likeness (QED) is 0.566. The molecule has 2 heterocycles. The van der Waals surface area contributed by atoms with E-state index >= 15 is 0 Å². The number of H-pyrrole nitrogens is 2. The van der Waals surface area contributed by atoms with Crippen molar-refractivity contribution in [1.82, 2.24) is 19.5 Å². The highest BCUT2D eigenvalue weighted by Crippen LogP contribution is 2.04. The van der Waals surface area contributed by atoms with E-state index in [0.717, 1.165) is 0 Å². The van der Waals surface area contributed by atoms with Crippen LogP contribution >= 0.6 is 12.2 Å². The molecule has 2 aromatic heterocycles. The van der Waals surface area contributed by atoms with Crippen molar-refractivity contribution >= 4 is 29.2 Å². The van der Waals surface area contributed by atoms with Crippen molar-refractivity contribution in [3.8, 4) is 0 Å². The molecular weight excluding hydrogens is 276 g/mol. The minimum atomic E-state index is -0.356. The second kappa shape index (κ2) is 4.86. The molecule has 3 rings (SSSR count). The number of carbonyl (C=O) groups excluding carboxylic acids is 1. The molecular formula is C13H10N4O2S. The Kier molecular flexibility index (Phi) is 3.03. The van der Waals surface area contributed by atoms with Crippen LogP contribution in [-0.4, -0.2) is 25.3 Å². The van der Waals surface area contributed by atoms with Crippen molar-refractivity contribution in [2.75, 3.05) is 0 Å². The first-order chi connectivity index (χ1) is 9.66. The second-order valence-electron chi connectivity index (χ2n) is 4.24. The zero-order chi connectivity index (χ0) is 14.1. The van der Waals surface area contributed by atoms with Gasteiger partial charge in [-0.05, 0) is 12.2 Å². The van der Waals surface area contributed by atoms with Crippen LogP contribution in [0.1, 0.15) is 10.4 Å². The third-order valence-electron chi connectivity index (χ3n) is 2.97. The summed E-state index contributed by atoms with van der Waals surface area (Å²) in [5, 5.41) is 0. The van der Waals surface area contributed by atoms with E-state index in [4.69, 9.17) is 12.2 Å². The molecule has 7 heteroatoms. The van der Waals surface area contributed by atoms with Crippen LogP contribution in [0.5, 0.6) is 0 Å². The lowest BCUT2D eigenvalue weighted by Gasteiger charge is -2.05. The number of Topliss-reactive ketones (excluding diaryl/α,β-unsaturated/α-hetero) is 1. The molecule has 0 amide bonds. The average Bonchev–Trinajstić information content (AvgIpc) is 2.92. The molecule has 0 aliphatic heterocycles. The fraction of sp³-hybridized carbons (Fsp3) is 0.0769. The van der Waals surface area contributed by atoms with Gasteiger partial charge < -0.3 is 9.97 Å². The van der Waals surface area contributed by atoms with Gasteiger partial charge in [-0.25, -0.2) is 4.98 Å². The Balaban J connectivity index is 2.05. The number of hydrogen-bond donors (Lipinski definition) is 2. The number of ketones is 1. The predicted octanol–water partition coefficient (Wildman–Crippen LogP) is 1.67. The van der Waals surface area contributed by atoms with Crippen molar-refractivity contribution in [2.45, 2.75) is 6.54 Å². The molecule has 0 saturated carbocycles. The van der Waals surface area contributed by atoms with Crippen LogP contribution in [0.25, 0.3) is 11.2 Å². The summed E-state index contributed by atoms with van der Waals surface area (Å²) in [4.78, 5) is 33.9. The number of nitrogens with zero attached hydrogens (tertiary/aromatic N) is 2. The lowest BCUT2D eigenvalue weighted by molar-refractivity contribution is 0.0970. The highest BCUT2D eigenvalue weighted by molar-refractivity contribution is 7.71. The molecule has 0 atom stereocenters. The number of carbonyl (C=O) groups is 1. The maximum Gasteiger partial charge on any atom is 0.280 e. The van der Waals surface area contributed by atoms with Gasteiger partial charge in [0.05, 0.1) is 12.9 Å². The van der Waals surface area contributed by atoms with E-state index in [9.17, 15) is 9.59 Å². The van der Waals surface area contributed by atoms with E-state index in [2.05, 4.69) is 15.0 Å². The summed E-state index contributed by atoms with van der Waals surface area (Å²) >= 11 is 5.10. The number of nitrogens with one attached hydrogen (secondary N) is 2. The first-order valence-corrected chi connectivity index (χ1v) is 6.32. The minimum absolute atomic E-state index is 0.104. The fourth-order valence-corrected chi connectivity index (χ4v) is 2.19. The number of aromatic nitrogens is 4. The standard InChI is InChI=1S/C13H10N4O2S/c18-9(8-4-2-1-3-5-8)6-17-12(19)10-11(15-7-14-10)16-13(17)20/h1-5,7H,6H2,(H,14,15)(H,16,20). The van der Waals surface area contributed by atoms with E-state index in [1.807, 2.05) is 6.07 Å². The Morgan fingerprint density at radius 2 is 2.05 bits per heavy atom. The molecule has 20 heavy (non-hydrogen) atoms. The zero-order valence-electron chi connectivity index (χ0n) is 10.3. The molecule has 2 N–H and O–H groups in total. The number of fused-ring (bicyclic) bond motifs is 1. The predicted molar refractivity (Wildman–Crippen MR) is 76.3 cm³/mol. The summed E-state index contributed by atoms with van der Waals surface area (Å²) in [6.07, 6.45) is 1.40. The van der Waals surface area contributed by atoms with Crippen molar-refractivity contribution < 1.29 is 4.79 Å². The molecule has 1 aromatic carbocycles. The Hall–Kier alpha value is -2.54. The number of rotatable bonds is 3. The van der Waals surface area contributed by atoms with Gasteiger partial charge in [-0.2, -0.15) is 0 Å². The summed E-state index contributed by atoms with van der Waals surface area (Å²) in [5.41, 5.74) is 0.881. The molecule has 0 aliphatic carbocycles. The minimum Gasteiger partial charge on any atom is -0.339 e. The lowest BCUT2D eigenvalue weighted by Crippen LogP contribution is -2.26. The first-order valence-electron chi connectivity index (χ1n) is 5.91. The van der Waals surface area contributed by atoms with E-state index in [1.165, 1.54) is 10.9 Å².